The van der Waals surface area contributed by atoms with Crippen LogP contribution in [0.4, 0.5) is 0 Å². The summed E-state index contributed by atoms with van der Waals surface area (Å²) < 4.78 is 27.5. The van der Waals surface area contributed by atoms with Gasteiger partial charge in [-0.15, -0.1) is 0 Å². The maximum Gasteiger partial charge on any atom is 0.243 e. The van der Waals surface area contributed by atoms with E-state index in [-0.39, 0.29) is 6.04 Å². The van der Waals surface area contributed by atoms with Crippen molar-refractivity contribution < 1.29 is 8.42 Å². The molecule has 1 saturated heterocycles. The lowest BCUT2D eigenvalue weighted by Crippen LogP contribution is -2.31. The molecular formula is C16H18N2O2S. The summed E-state index contributed by atoms with van der Waals surface area (Å²) in [6.45, 7) is 2.39. The summed E-state index contributed by atoms with van der Waals surface area (Å²) in [6, 6.07) is 12.6. The summed E-state index contributed by atoms with van der Waals surface area (Å²) in [4.78, 5) is 4.73. The van der Waals surface area contributed by atoms with Crippen molar-refractivity contribution in [2.24, 2.45) is 0 Å². The first kappa shape index (κ1) is 14.2. The molecule has 1 aliphatic rings. The van der Waals surface area contributed by atoms with Crippen LogP contribution in [0.1, 0.15) is 30.1 Å². The minimum atomic E-state index is -3.47. The highest BCUT2D eigenvalue weighted by Gasteiger charge is 2.37. The molecule has 5 heteroatoms. The van der Waals surface area contributed by atoms with Crippen molar-refractivity contribution in [3.63, 3.8) is 0 Å². The van der Waals surface area contributed by atoms with Gasteiger partial charge in [0.1, 0.15) is 0 Å². The number of rotatable bonds is 3. The lowest BCUT2D eigenvalue weighted by Gasteiger charge is -2.24. The van der Waals surface area contributed by atoms with Gasteiger partial charge in [0.25, 0.3) is 0 Å². The molecule has 0 saturated carbocycles. The van der Waals surface area contributed by atoms with Crippen molar-refractivity contribution in [2.75, 3.05) is 6.54 Å². The quantitative estimate of drug-likeness (QED) is 0.876. The third kappa shape index (κ3) is 2.59. The number of hydrogen-bond donors (Lipinski definition) is 0. The molecule has 1 aromatic heterocycles. The van der Waals surface area contributed by atoms with Gasteiger partial charge in [-0.3, -0.25) is 4.98 Å². The van der Waals surface area contributed by atoms with Crippen LogP contribution in [0.15, 0.2) is 53.6 Å². The first-order chi connectivity index (χ1) is 10.1. The van der Waals surface area contributed by atoms with Gasteiger partial charge in [-0.2, -0.15) is 4.31 Å². The van der Waals surface area contributed by atoms with E-state index in [2.05, 4.69) is 4.98 Å². The van der Waals surface area contributed by atoms with E-state index in [9.17, 15) is 8.42 Å². The van der Waals surface area contributed by atoms with Crippen molar-refractivity contribution in [3.8, 4) is 0 Å². The second-order valence-corrected chi connectivity index (χ2v) is 7.15. The Morgan fingerprint density at radius 3 is 2.62 bits per heavy atom. The van der Waals surface area contributed by atoms with E-state index < -0.39 is 10.0 Å². The molecule has 4 nitrogen and oxygen atoms in total. The summed E-state index contributed by atoms with van der Waals surface area (Å²) in [5.74, 6) is 0. The average Bonchev–Trinajstić information content (AvgIpc) is 2.99. The Kier molecular flexibility index (Phi) is 3.78. The van der Waals surface area contributed by atoms with Crippen LogP contribution >= 0.6 is 0 Å². The molecule has 1 aromatic carbocycles. The molecule has 0 amide bonds. The van der Waals surface area contributed by atoms with Crippen molar-refractivity contribution in [2.45, 2.75) is 30.7 Å². The second-order valence-electron chi connectivity index (χ2n) is 5.29. The number of hydrogen-bond acceptors (Lipinski definition) is 3. The summed E-state index contributed by atoms with van der Waals surface area (Å²) >= 11 is 0. The molecule has 0 N–H and O–H groups in total. The van der Waals surface area contributed by atoms with Gasteiger partial charge < -0.3 is 0 Å². The fourth-order valence-electron chi connectivity index (χ4n) is 2.87. The van der Waals surface area contributed by atoms with Crippen LogP contribution in [0.2, 0.25) is 0 Å². The van der Waals surface area contributed by atoms with E-state index in [1.165, 1.54) is 0 Å². The van der Waals surface area contributed by atoms with Gasteiger partial charge in [0.15, 0.2) is 0 Å². The van der Waals surface area contributed by atoms with Gasteiger partial charge in [-0.05, 0) is 43.5 Å². The molecule has 0 aliphatic carbocycles. The largest absolute Gasteiger partial charge is 0.260 e. The van der Waals surface area contributed by atoms with Gasteiger partial charge in [-0.1, -0.05) is 24.3 Å². The molecule has 3 rings (SSSR count). The molecule has 21 heavy (non-hydrogen) atoms. The predicted octanol–water partition coefficient (Wildman–Crippen LogP) is 2.92. The van der Waals surface area contributed by atoms with E-state index in [1.54, 1.807) is 22.6 Å². The van der Waals surface area contributed by atoms with E-state index in [0.29, 0.717) is 11.4 Å². The van der Waals surface area contributed by atoms with Crippen LogP contribution in [0, 0.1) is 6.92 Å². The van der Waals surface area contributed by atoms with Crippen LogP contribution in [0.5, 0.6) is 0 Å². The maximum absolute atomic E-state index is 12.9. The minimum absolute atomic E-state index is 0.157. The smallest absolute Gasteiger partial charge is 0.243 e. The molecule has 2 heterocycles. The number of benzene rings is 1. The summed E-state index contributed by atoms with van der Waals surface area (Å²) in [7, 11) is -3.47. The molecular weight excluding hydrogens is 284 g/mol. The number of pyridine rings is 1. The summed E-state index contributed by atoms with van der Waals surface area (Å²) in [6.07, 6.45) is 3.40. The number of aromatic nitrogens is 1. The zero-order valence-electron chi connectivity index (χ0n) is 11.9. The Morgan fingerprint density at radius 2 is 1.90 bits per heavy atom. The van der Waals surface area contributed by atoms with Gasteiger partial charge in [-0.25, -0.2) is 8.42 Å². The average molecular weight is 302 g/mol. The van der Waals surface area contributed by atoms with Crippen LogP contribution in [-0.2, 0) is 10.0 Å². The highest BCUT2D eigenvalue weighted by molar-refractivity contribution is 7.89. The lowest BCUT2D eigenvalue weighted by molar-refractivity contribution is 0.390. The number of sulfonamides is 1. The normalized spacial score (nSPS) is 19.8. The molecule has 1 aliphatic heterocycles. The molecule has 1 unspecified atom stereocenters. The van der Waals surface area contributed by atoms with E-state index in [0.717, 1.165) is 24.1 Å². The van der Waals surface area contributed by atoms with Gasteiger partial charge in [0, 0.05) is 12.7 Å². The van der Waals surface area contributed by atoms with Gasteiger partial charge in [0.2, 0.25) is 10.0 Å². The van der Waals surface area contributed by atoms with E-state index in [1.807, 2.05) is 37.3 Å². The lowest BCUT2D eigenvalue weighted by atomic mass is 10.1. The third-order valence-corrected chi connectivity index (χ3v) is 5.98. The molecule has 0 spiro atoms. The van der Waals surface area contributed by atoms with Gasteiger partial charge in [0.05, 0.1) is 16.6 Å². The zero-order chi connectivity index (χ0) is 14.9. The van der Waals surface area contributed by atoms with Crippen molar-refractivity contribution in [3.05, 3.63) is 59.9 Å². The fraction of sp³-hybridized carbons (Fsp3) is 0.312. The molecule has 0 bridgehead atoms. The minimum Gasteiger partial charge on any atom is -0.260 e. The molecule has 110 valence electrons. The summed E-state index contributed by atoms with van der Waals surface area (Å²) in [5.41, 5.74) is 1.61. The van der Waals surface area contributed by atoms with Crippen LogP contribution in [0.25, 0.3) is 0 Å². The monoisotopic (exact) mass is 302 g/mol. The van der Waals surface area contributed by atoms with Crippen molar-refractivity contribution >= 4 is 10.0 Å². The predicted molar refractivity (Wildman–Crippen MR) is 81.3 cm³/mol. The van der Waals surface area contributed by atoms with Crippen LogP contribution in [0.3, 0.4) is 0 Å². The standard InChI is InChI=1S/C16H18N2O2S/c1-13-7-2-3-10-16(13)21(19,20)18-12-6-9-15(18)14-8-4-5-11-17-14/h2-5,7-8,10-11,15H,6,9,12H2,1H3. The van der Waals surface area contributed by atoms with Crippen molar-refractivity contribution in [1.29, 1.82) is 0 Å². The molecule has 1 fully saturated rings. The Bertz CT molecular complexity index is 729. The highest BCUT2D eigenvalue weighted by atomic mass is 32.2. The topological polar surface area (TPSA) is 50.3 Å². The molecule has 0 radical (unpaired) electrons. The molecule has 1 atom stereocenters. The Balaban J connectivity index is 2.01. The second kappa shape index (κ2) is 5.58. The van der Waals surface area contributed by atoms with Crippen molar-refractivity contribution in [1.82, 2.24) is 9.29 Å². The van der Waals surface area contributed by atoms with Crippen LogP contribution in [-0.4, -0.2) is 24.3 Å². The number of aryl methyl sites for hydroxylation is 1. The highest BCUT2D eigenvalue weighted by Crippen LogP contribution is 2.36. The SMILES string of the molecule is Cc1ccccc1S(=O)(=O)N1CCCC1c1ccccn1. The number of nitrogens with zero attached hydrogens (tertiary/aromatic N) is 2. The van der Waals surface area contributed by atoms with E-state index >= 15 is 0 Å². The summed E-state index contributed by atoms with van der Waals surface area (Å²) in [5, 5.41) is 0. The zero-order valence-corrected chi connectivity index (χ0v) is 12.8. The third-order valence-electron chi connectivity index (χ3n) is 3.91. The fourth-order valence-corrected chi connectivity index (χ4v) is 4.76. The van der Waals surface area contributed by atoms with Crippen LogP contribution < -0.4 is 0 Å². The van der Waals surface area contributed by atoms with Gasteiger partial charge >= 0.3 is 0 Å². The maximum atomic E-state index is 12.9. The first-order valence-corrected chi connectivity index (χ1v) is 8.53. The Labute approximate surface area is 125 Å². The first-order valence-electron chi connectivity index (χ1n) is 7.09. The molecule has 2 aromatic rings. The van der Waals surface area contributed by atoms with E-state index in [4.69, 9.17) is 0 Å². The Morgan fingerprint density at radius 1 is 1.14 bits per heavy atom. The Hall–Kier alpha value is -1.72.